The molecular formula is C17H22N6O. The fraction of sp³-hybridized carbons (Fsp3) is 0.529. The van der Waals surface area contributed by atoms with E-state index in [9.17, 15) is 0 Å². The summed E-state index contributed by atoms with van der Waals surface area (Å²) < 4.78 is 5.68. The van der Waals surface area contributed by atoms with Crippen LogP contribution in [0.1, 0.15) is 31.1 Å². The van der Waals surface area contributed by atoms with Crippen LogP contribution in [0.3, 0.4) is 0 Å². The Morgan fingerprint density at radius 1 is 0.958 bits per heavy atom. The molecule has 2 saturated heterocycles. The van der Waals surface area contributed by atoms with Crippen LogP contribution in [0, 0.1) is 0 Å². The number of anilines is 2. The summed E-state index contributed by atoms with van der Waals surface area (Å²) in [5.74, 6) is 2.50. The second-order valence-corrected chi connectivity index (χ2v) is 6.15. The van der Waals surface area contributed by atoms with E-state index in [1.54, 1.807) is 12.4 Å². The van der Waals surface area contributed by atoms with Crippen molar-refractivity contribution < 1.29 is 4.74 Å². The Balaban J connectivity index is 1.61. The zero-order valence-corrected chi connectivity index (χ0v) is 13.7. The van der Waals surface area contributed by atoms with Gasteiger partial charge in [-0.05, 0) is 31.4 Å². The van der Waals surface area contributed by atoms with Gasteiger partial charge in [-0.2, -0.15) is 0 Å². The molecule has 0 aromatic carbocycles. The Kier molecular flexibility index (Phi) is 4.51. The minimum atomic E-state index is -0.0501. The van der Waals surface area contributed by atoms with Crippen LogP contribution in [-0.2, 0) is 4.74 Å². The summed E-state index contributed by atoms with van der Waals surface area (Å²) in [4.78, 5) is 22.6. The number of piperidine rings is 1. The molecule has 0 bridgehead atoms. The molecule has 0 aliphatic carbocycles. The van der Waals surface area contributed by atoms with E-state index in [1.807, 2.05) is 18.3 Å². The molecule has 0 radical (unpaired) electrons. The quantitative estimate of drug-likeness (QED) is 0.852. The van der Waals surface area contributed by atoms with Crippen LogP contribution in [0.4, 0.5) is 11.8 Å². The van der Waals surface area contributed by atoms with Gasteiger partial charge in [-0.3, -0.25) is 0 Å². The molecule has 2 aromatic rings. The predicted molar refractivity (Wildman–Crippen MR) is 91.0 cm³/mol. The second kappa shape index (κ2) is 7.09. The van der Waals surface area contributed by atoms with Gasteiger partial charge in [-0.1, -0.05) is 0 Å². The lowest BCUT2D eigenvalue weighted by atomic mass is 10.1. The third-order valence-electron chi connectivity index (χ3n) is 4.58. The van der Waals surface area contributed by atoms with Crippen molar-refractivity contribution in [3.05, 3.63) is 36.5 Å². The SMILES string of the molecule is c1cnc(N2CCOC[C@H]2c2nccc(N3CCCCC3)n2)nc1. The summed E-state index contributed by atoms with van der Waals surface area (Å²) in [6.45, 7) is 4.11. The van der Waals surface area contributed by atoms with Gasteiger partial charge in [-0.15, -0.1) is 0 Å². The van der Waals surface area contributed by atoms with E-state index in [0.29, 0.717) is 19.2 Å². The molecule has 2 aliphatic heterocycles. The van der Waals surface area contributed by atoms with E-state index in [0.717, 1.165) is 31.3 Å². The first kappa shape index (κ1) is 15.3. The number of morpholine rings is 1. The summed E-state index contributed by atoms with van der Waals surface area (Å²) in [7, 11) is 0. The van der Waals surface area contributed by atoms with E-state index in [4.69, 9.17) is 9.72 Å². The molecule has 2 fully saturated rings. The standard InChI is InChI=1S/C17H22N6O/c1-2-9-22(10-3-1)15-5-8-18-16(21-15)14-13-24-12-11-23(14)17-19-6-4-7-20-17/h4-8,14H,1-3,9-13H2/t14-/m0/s1. The van der Waals surface area contributed by atoms with Gasteiger partial charge in [0.15, 0.2) is 5.82 Å². The zero-order valence-electron chi connectivity index (χ0n) is 13.7. The number of hydrogen-bond acceptors (Lipinski definition) is 7. The van der Waals surface area contributed by atoms with Crippen molar-refractivity contribution in [1.29, 1.82) is 0 Å². The summed E-state index contributed by atoms with van der Waals surface area (Å²) in [5.41, 5.74) is 0. The molecule has 7 heteroatoms. The van der Waals surface area contributed by atoms with Gasteiger partial charge in [0.05, 0.1) is 13.2 Å². The molecule has 7 nitrogen and oxygen atoms in total. The largest absolute Gasteiger partial charge is 0.377 e. The Bertz CT molecular complexity index is 661. The van der Waals surface area contributed by atoms with Crippen molar-refractivity contribution in [3.63, 3.8) is 0 Å². The topological polar surface area (TPSA) is 67.3 Å². The molecule has 0 saturated carbocycles. The first-order valence-electron chi connectivity index (χ1n) is 8.61. The summed E-state index contributed by atoms with van der Waals surface area (Å²) in [5, 5.41) is 0. The Morgan fingerprint density at radius 2 is 1.79 bits per heavy atom. The molecule has 0 unspecified atom stereocenters. The highest BCUT2D eigenvalue weighted by Crippen LogP contribution is 2.26. The number of nitrogens with zero attached hydrogens (tertiary/aromatic N) is 6. The van der Waals surface area contributed by atoms with Crippen LogP contribution in [0.25, 0.3) is 0 Å². The molecule has 4 rings (SSSR count). The minimum Gasteiger partial charge on any atom is -0.377 e. The number of rotatable bonds is 3. The lowest BCUT2D eigenvalue weighted by molar-refractivity contribution is 0.0908. The Labute approximate surface area is 141 Å². The van der Waals surface area contributed by atoms with Gasteiger partial charge >= 0.3 is 0 Å². The Hall–Kier alpha value is -2.28. The number of ether oxygens (including phenoxy) is 1. The van der Waals surface area contributed by atoms with Crippen LogP contribution in [0.2, 0.25) is 0 Å². The van der Waals surface area contributed by atoms with Crippen LogP contribution in [0.15, 0.2) is 30.7 Å². The number of hydrogen-bond donors (Lipinski definition) is 0. The van der Waals surface area contributed by atoms with Crippen LogP contribution < -0.4 is 9.80 Å². The van der Waals surface area contributed by atoms with Gasteiger partial charge in [0.2, 0.25) is 5.95 Å². The maximum Gasteiger partial charge on any atom is 0.226 e. The summed E-state index contributed by atoms with van der Waals surface area (Å²) >= 11 is 0. The monoisotopic (exact) mass is 326 g/mol. The zero-order chi connectivity index (χ0) is 16.2. The highest BCUT2D eigenvalue weighted by atomic mass is 16.5. The highest BCUT2D eigenvalue weighted by Gasteiger charge is 2.29. The van der Waals surface area contributed by atoms with Crippen molar-refractivity contribution in [2.45, 2.75) is 25.3 Å². The van der Waals surface area contributed by atoms with Gasteiger partial charge in [-0.25, -0.2) is 19.9 Å². The average Bonchev–Trinajstić information content (AvgIpc) is 2.69. The molecule has 0 spiro atoms. The molecule has 2 aromatic heterocycles. The Morgan fingerprint density at radius 3 is 2.62 bits per heavy atom. The average molecular weight is 326 g/mol. The van der Waals surface area contributed by atoms with Crippen molar-refractivity contribution in [2.24, 2.45) is 0 Å². The van der Waals surface area contributed by atoms with Gasteiger partial charge in [0.1, 0.15) is 11.9 Å². The first-order valence-corrected chi connectivity index (χ1v) is 8.61. The van der Waals surface area contributed by atoms with Crippen LogP contribution in [-0.4, -0.2) is 52.8 Å². The van der Waals surface area contributed by atoms with Gasteiger partial charge < -0.3 is 14.5 Å². The minimum absolute atomic E-state index is 0.0501. The first-order chi connectivity index (χ1) is 11.9. The van der Waals surface area contributed by atoms with Crippen molar-refractivity contribution >= 4 is 11.8 Å². The maximum absolute atomic E-state index is 5.68. The molecule has 126 valence electrons. The molecule has 1 atom stereocenters. The second-order valence-electron chi connectivity index (χ2n) is 6.15. The lowest BCUT2D eigenvalue weighted by Crippen LogP contribution is -2.41. The normalized spacial score (nSPS) is 21.8. The van der Waals surface area contributed by atoms with Crippen molar-refractivity contribution in [2.75, 3.05) is 42.6 Å². The molecule has 0 N–H and O–H groups in total. The lowest BCUT2D eigenvalue weighted by Gasteiger charge is -2.35. The van der Waals surface area contributed by atoms with E-state index < -0.39 is 0 Å². The van der Waals surface area contributed by atoms with E-state index in [2.05, 4.69) is 24.8 Å². The summed E-state index contributed by atoms with van der Waals surface area (Å²) in [6.07, 6.45) is 9.15. The van der Waals surface area contributed by atoms with Crippen LogP contribution in [0.5, 0.6) is 0 Å². The fourth-order valence-electron chi connectivity index (χ4n) is 3.32. The van der Waals surface area contributed by atoms with Gasteiger partial charge in [0.25, 0.3) is 0 Å². The van der Waals surface area contributed by atoms with Crippen molar-refractivity contribution in [1.82, 2.24) is 19.9 Å². The third kappa shape index (κ3) is 3.17. The molecule has 24 heavy (non-hydrogen) atoms. The van der Waals surface area contributed by atoms with E-state index >= 15 is 0 Å². The molecular weight excluding hydrogens is 304 g/mol. The summed E-state index contributed by atoms with van der Waals surface area (Å²) in [6, 6.07) is 3.78. The maximum atomic E-state index is 5.68. The smallest absolute Gasteiger partial charge is 0.226 e. The van der Waals surface area contributed by atoms with E-state index in [-0.39, 0.29) is 6.04 Å². The van der Waals surface area contributed by atoms with Crippen LogP contribution >= 0.6 is 0 Å². The molecule has 2 aliphatic rings. The molecule has 4 heterocycles. The van der Waals surface area contributed by atoms with Crippen molar-refractivity contribution in [3.8, 4) is 0 Å². The number of aromatic nitrogens is 4. The fourth-order valence-corrected chi connectivity index (χ4v) is 3.32. The molecule has 0 amide bonds. The highest BCUT2D eigenvalue weighted by molar-refractivity contribution is 5.40. The predicted octanol–water partition coefficient (Wildman–Crippen LogP) is 1.83. The van der Waals surface area contributed by atoms with Gasteiger partial charge in [0, 0.05) is 38.2 Å². The van der Waals surface area contributed by atoms with E-state index in [1.165, 1.54) is 19.3 Å². The third-order valence-corrected chi connectivity index (χ3v) is 4.58.